The highest BCUT2D eigenvalue weighted by Gasteiger charge is 2.22. The maximum atomic E-state index is 11.9. The average molecular weight is 278 g/mol. The summed E-state index contributed by atoms with van der Waals surface area (Å²) in [6, 6.07) is 5.61. The second-order valence-electron chi connectivity index (χ2n) is 4.50. The number of Topliss-reactive ketones (excluding diaryl/α,β-unsaturated/α-hetero) is 1. The van der Waals surface area contributed by atoms with Gasteiger partial charge in [0, 0.05) is 18.5 Å². The first-order valence-electron chi connectivity index (χ1n) is 6.20. The van der Waals surface area contributed by atoms with Crippen LogP contribution in [-0.4, -0.2) is 35.9 Å². The molecule has 0 saturated heterocycles. The average Bonchev–Trinajstić information content (AvgIpc) is 2.38. The number of carbonyl (C=O) groups is 3. The van der Waals surface area contributed by atoms with Crippen molar-refractivity contribution in [1.82, 2.24) is 10.6 Å². The van der Waals surface area contributed by atoms with E-state index in [9.17, 15) is 14.4 Å². The van der Waals surface area contributed by atoms with E-state index in [2.05, 4.69) is 10.6 Å². The largest absolute Gasteiger partial charge is 0.480 e. The Morgan fingerprint density at radius 1 is 1.20 bits per heavy atom. The van der Waals surface area contributed by atoms with E-state index in [1.165, 1.54) is 6.92 Å². The summed E-state index contributed by atoms with van der Waals surface area (Å²) in [5.74, 6) is -2.02. The van der Waals surface area contributed by atoms with Gasteiger partial charge in [0.25, 0.3) is 5.91 Å². The molecule has 0 heterocycles. The molecule has 3 N–H and O–H groups in total. The van der Waals surface area contributed by atoms with Gasteiger partial charge in [0.1, 0.15) is 11.8 Å². The number of carboxylic acids is 1. The van der Waals surface area contributed by atoms with Gasteiger partial charge >= 0.3 is 5.97 Å². The van der Waals surface area contributed by atoms with Crippen molar-refractivity contribution in [2.45, 2.75) is 25.9 Å². The molecule has 0 fully saturated rings. The van der Waals surface area contributed by atoms with E-state index in [1.54, 1.807) is 24.3 Å². The van der Waals surface area contributed by atoms with E-state index < -0.39 is 17.9 Å². The van der Waals surface area contributed by atoms with Gasteiger partial charge < -0.3 is 15.7 Å². The molecule has 0 aliphatic rings. The number of aliphatic carboxylic acids is 1. The van der Waals surface area contributed by atoms with Crippen molar-refractivity contribution in [2.75, 3.05) is 7.05 Å². The minimum atomic E-state index is -1.22. The molecule has 0 radical (unpaired) electrons. The van der Waals surface area contributed by atoms with Gasteiger partial charge in [-0.05, 0) is 31.7 Å². The summed E-state index contributed by atoms with van der Waals surface area (Å²) in [6.45, 7) is 1.97. The number of carbonyl (C=O) groups excluding carboxylic acids is 2. The predicted molar refractivity (Wildman–Crippen MR) is 73.4 cm³/mol. The summed E-state index contributed by atoms with van der Waals surface area (Å²) in [7, 11) is 1.82. The number of rotatable bonds is 7. The molecule has 0 bridgehead atoms. The molecule has 0 aromatic heterocycles. The Morgan fingerprint density at radius 3 is 2.25 bits per heavy atom. The summed E-state index contributed by atoms with van der Waals surface area (Å²) in [5.41, 5.74) is 1.38. The molecular weight excluding hydrogens is 260 g/mol. The number of hydrogen-bond acceptors (Lipinski definition) is 4. The summed E-state index contributed by atoms with van der Waals surface area (Å²) < 4.78 is 0. The summed E-state index contributed by atoms with van der Waals surface area (Å²) in [5, 5.41) is 14.3. The Balaban J connectivity index is 2.73. The van der Waals surface area contributed by atoms with Crippen LogP contribution in [0.15, 0.2) is 24.3 Å². The number of benzene rings is 1. The fraction of sp³-hybridized carbons (Fsp3) is 0.357. The maximum Gasteiger partial charge on any atom is 0.326 e. The molecule has 108 valence electrons. The summed E-state index contributed by atoms with van der Waals surface area (Å²) in [6.07, 6.45) is -0.223. The second kappa shape index (κ2) is 7.40. The van der Waals surface area contributed by atoms with E-state index >= 15 is 0 Å². The predicted octanol–water partition coefficient (Wildman–Crippen LogP) is 0.568. The zero-order valence-electron chi connectivity index (χ0n) is 11.5. The van der Waals surface area contributed by atoms with Gasteiger partial charge in [0.15, 0.2) is 0 Å². The Labute approximate surface area is 117 Å². The normalized spacial score (nSPS) is 11.7. The Morgan fingerprint density at radius 2 is 1.80 bits per heavy atom. The van der Waals surface area contributed by atoms with Crippen LogP contribution in [0.25, 0.3) is 0 Å². The Kier molecular flexibility index (Phi) is 5.86. The number of ketones is 1. The number of hydrogen-bond donors (Lipinski definition) is 3. The van der Waals surface area contributed by atoms with Crippen LogP contribution in [-0.2, 0) is 16.1 Å². The molecule has 1 unspecified atom stereocenters. The minimum absolute atomic E-state index is 0.223. The zero-order valence-corrected chi connectivity index (χ0v) is 11.5. The van der Waals surface area contributed by atoms with E-state index in [0.717, 1.165) is 5.56 Å². The molecule has 1 rings (SSSR count). The number of carboxylic acid groups (broad SMARTS) is 1. The van der Waals surface area contributed by atoms with Gasteiger partial charge in [-0.25, -0.2) is 4.79 Å². The van der Waals surface area contributed by atoms with Crippen LogP contribution in [0, 0.1) is 0 Å². The highest BCUT2D eigenvalue weighted by Crippen LogP contribution is 2.05. The standard InChI is InChI=1S/C14H18N2O4/c1-9(17)7-12(14(19)20)16-13(18)11-5-3-10(4-6-11)8-15-2/h3-6,12,15H,7-8H2,1-2H3,(H,16,18)(H,19,20). The molecule has 0 spiro atoms. The van der Waals surface area contributed by atoms with Crippen LogP contribution >= 0.6 is 0 Å². The van der Waals surface area contributed by atoms with E-state index in [4.69, 9.17) is 5.11 Å². The molecule has 1 amide bonds. The lowest BCUT2D eigenvalue weighted by Crippen LogP contribution is -2.41. The zero-order chi connectivity index (χ0) is 15.1. The van der Waals surface area contributed by atoms with Gasteiger partial charge in [-0.1, -0.05) is 12.1 Å². The van der Waals surface area contributed by atoms with Crippen LogP contribution in [0.1, 0.15) is 29.3 Å². The smallest absolute Gasteiger partial charge is 0.326 e. The minimum Gasteiger partial charge on any atom is -0.480 e. The SMILES string of the molecule is CNCc1ccc(C(=O)NC(CC(C)=O)C(=O)O)cc1. The van der Waals surface area contributed by atoms with Crippen LogP contribution in [0.2, 0.25) is 0 Å². The van der Waals surface area contributed by atoms with Crippen LogP contribution in [0.3, 0.4) is 0 Å². The number of amides is 1. The van der Waals surface area contributed by atoms with Crippen LogP contribution in [0.4, 0.5) is 0 Å². The number of nitrogens with one attached hydrogen (secondary N) is 2. The first kappa shape index (κ1) is 15.8. The lowest BCUT2D eigenvalue weighted by atomic mass is 10.1. The van der Waals surface area contributed by atoms with Crippen molar-refractivity contribution < 1.29 is 19.5 Å². The topological polar surface area (TPSA) is 95.5 Å². The molecule has 1 aromatic rings. The molecule has 0 aliphatic carbocycles. The summed E-state index contributed by atoms with van der Waals surface area (Å²) >= 11 is 0. The summed E-state index contributed by atoms with van der Waals surface area (Å²) in [4.78, 5) is 33.8. The fourth-order valence-electron chi connectivity index (χ4n) is 1.71. The van der Waals surface area contributed by atoms with Crippen molar-refractivity contribution >= 4 is 17.7 Å². The second-order valence-corrected chi connectivity index (χ2v) is 4.50. The first-order valence-corrected chi connectivity index (χ1v) is 6.20. The van der Waals surface area contributed by atoms with Gasteiger partial charge in [-0.2, -0.15) is 0 Å². The van der Waals surface area contributed by atoms with Crippen molar-refractivity contribution in [1.29, 1.82) is 0 Å². The van der Waals surface area contributed by atoms with Crippen molar-refractivity contribution in [3.05, 3.63) is 35.4 Å². The third-order valence-corrected chi connectivity index (χ3v) is 2.69. The monoisotopic (exact) mass is 278 g/mol. The molecule has 6 heteroatoms. The third kappa shape index (κ3) is 4.81. The van der Waals surface area contributed by atoms with Gasteiger partial charge in [0.05, 0.1) is 0 Å². The van der Waals surface area contributed by atoms with E-state index in [1.807, 2.05) is 7.05 Å². The third-order valence-electron chi connectivity index (χ3n) is 2.69. The van der Waals surface area contributed by atoms with Crippen LogP contribution < -0.4 is 10.6 Å². The first-order chi connectivity index (χ1) is 9.43. The maximum absolute atomic E-state index is 11.9. The molecule has 1 atom stereocenters. The van der Waals surface area contributed by atoms with Crippen molar-refractivity contribution in [3.8, 4) is 0 Å². The van der Waals surface area contributed by atoms with Gasteiger partial charge in [-0.15, -0.1) is 0 Å². The van der Waals surface area contributed by atoms with Crippen LogP contribution in [0.5, 0.6) is 0 Å². The molecule has 20 heavy (non-hydrogen) atoms. The molecular formula is C14H18N2O4. The highest BCUT2D eigenvalue weighted by molar-refractivity contribution is 5.97. The van der Waals surface area contributed by atoms with Crippen molar-refractivity contribution in [2.24, 2.45) is 0 Å². The van der Waals surface area contributed by atoms with Gasteiger partial charge in [-0.3, -0.25) is 9.59 Å². The molecule has 6 nitrogen and oxygen atoms in total. The molecule has 0 saturated carbocycles. The highest BCUT2D eigenvalue weighted by atomic mass is 16.4. The van der Waals surface area contributed by atoms with Gasteiger partial charge in [0.2, 0.25) is 0 Å². The lowest BCUT2D eigenvalue weighted by molar-refractivity contribution is -0.140. The van der Waals surface area contributed by atoms with Crippen molar-refractivity contribution in [3.63, 3.8) is 0 Å². The lowest BCUT2D eigenvalue weighted by Gasteiger charge is -2.13. The molecule has 0 aliphatic heterocycles. The fourth-order valence-corrected chi connectivity index (χ4v) is 1.71. The Hall–Kier alpha value is -2.21. The Bertz CT molecular complexity index is 496. The quantitative estimate of drug-likeness (QED) is 0.677. The molecule has 1 aromatic carbocycles. The van der Waals surface area contributed by atoms with E-state index in [-0.39, 0.29) is 12.2 Å². The van der Waals surface area contributed by atoms with E-state index in [0.29, 0.717) is 12.1 Å².